The van der Waals surface area contributed by atoms with E-state index in [1.165, 1.54) is 0 Å². The van der Waals surface area contributed by atoms with Gasteiger partial charge in [0.05, 0.1) is 17.1 Å². The fraction of sp³-hybridized carbons (Fsp3) is 0.917. The first-order valence-electron chi connectivity index (χ1n) is 6.58. The van der Waals surface area contributed by atoms with Crippen LogP contribution in [-0.4, -0.2) is 57.2 Å². The summed E-state index contributed by atoms with van der Waals surface area (Å²) in [5.41, 5.74) is -0.406. The van der Waals surface area contributed by atoms with E-state index >= 15 is 0 Å². The van der Waals surface area contributed by atoms with Crippen LogP contribution in [0, 0.1) is 0 Å². The van der Waals surface area contributed by atoms with Crippen LogP contribution in [0.2, 0.25) is 0 Å². The van der Waals surface area contributed by atoms with Crippen molar-refractivity contribution in [3.8, 4) is 0 Å². The van der Waals surface area contributed by atoms with Crippen LogP contribution in [0.1, 0.15) is 27.2 Å². The maximum absolute atomic E-state index is 11.8. The molecular weight excluding hydrogens is 268 g/mol. The van der Waals surface area contributed by atoms with Crippen molar-refractivity contribution in [2.24, 2.45) is 0 Å². The van der Waals surface area contributed by atoms with Gasteiger partial charge < -0.3 is 15.4 Å². The van der Waals surface area contributed by atoms with Crippen molar-refractivity contribution in [3.05, 3.63) is 0 Å². The zero-order valence-corrected chi connectivity index (χ0v) is 12.7. The molecule has 1 aliphatic heterocycles. The normalized spacial score (nSPS) is 23.0. The summed E-state index contributed by atoms with van der Waals surface area (Å²) in [5, 5.41) is 5.84. The summed E-state index contributed by atoms with van der Waals surface area (Å²) in [4.78, 5) is 11.8. The zero-order valence-electron chi connectivity index (χ0n) is 11.9. The number of nitrogens with one attached hydrogen (secondary N) is 2. The Balaban J connectivity index is 2.35. The standard InChI is InChI=1S/C12H24N2O4S/c1-4-18-12(2,3)9-14-11(15)7-10-8-19(16,17)6-5-13-10/h10,13H,4-9H2,1-3H3,(H,14,15). The molecule has 6 nitrogen and oxygen atoms in total. The van der Waals surface area contributed by atoms with Crippen LogP contribution in [0.5, 0.6) is 0 Å². The lowest BCUT2D eigenvalue weighted by Crippen LogP contribution is -2.48. The second-order valence-corrected chi connectivity index (χ2v) is 7.67. The summed E-state index contributed by atoms with van der Waals surface area (Å²) in [5.74, 6) is 0.0416. The van der Waals surface area contributed by atoms with Crippen LogP contribution >= 0.6 is 0 Å². The van der Waals surface area contributed by atoms with Crippen LogP contribution in [0.4, 0.5) is 0 Å². The van der Waals surface area contributed by atoms with E-state index in [0.717, 1.165) is 0 Å². The molecule has 1 aliphatic rings. The third-order valence-corrected chi connectivity index (χ3v) is 4.72. The largest absolute Gasteiger partial charge is 0.374 e. The Labute approximate surface area is 115 Å². The molecule has 0 aliphatic carbocycles. The molecular formula is C12H24N2O4S. The molecule has 1 amide bonds. The van der Waals surface area contributed by atoms with Crippen LogP contribution in [0.25, 0.3) is 0 Å². The lowest BCUT2D eigenvalue weighted by Gasteiger charge is -2.26. The lowest BCUT2D eigenvalue weighted by molar-refractivity contribution is -0.123. The third kappa shape index (κ3) is 6.35. The fourth-order valence-electron chi connectivity index (χ4n) is 2.05. The van der Waals surface area contributed by atoms with E-state index in [-0.39, 0.29) is 29.9 Å². The summed E-state index contributed by atoms with van der Waals surface area (Å²) in [7, 11) is -3.00. The van der Waals surface area contributed by atoms with Gasteiger partial charge in [-0.1, -0.05) is 0 Å². The van der Waals surface area contributed by atoms with Gasteiger partial charge in [0.15, 0.2) is 9.84 Å². The van der Waals surface area contributed by atoms with Crippen LogP contribution in [0.3, 0.4) is 0 Å². The molecule has 0 aromatic carbocycles. The van der Waals surface area contributed by atoms with E-state index in [0.29, 0.717) is 19.7 Å². The number of sulfone groups is 1. The molecule has 112 valence electrons. The molecule has 0 spiro atoms. The van der Waals surface area contributed by atoms with Gasteiger partial charge in [-0.15, -0.1) is 0 Å². The van der Waals surface area contributed by atoms with E-state index in [4.69, 9.17) is 4.74 Å². The lowest BCUT2D eigenvalue weighted by atomic mass is 10.1. The number of carbonyl (C=O) groups excluding carboxylic acids is 1. The Morgan fingerprint density at radius 3 is 2.74 bits per heavy atom. The first-order chi connectivity index (χ1) is 8.74. The van der Waals surface area contributed by atoms with Gasteiger partial charge in [0, 0.05) is 32.2 Å². The smallest absolute Gasteiger partial charge is 0.221 e. The predicted molar refractivity (Wildman–Crippen MR) is 73.8 cm³/mol. The average molecular weight is 292 g/mol. The highest BCUT2D eigenvalue weighted by Crippen LogP contribution is 2.08. The van der Waals surface area contributed by atoms with Crippen molar-refractivity contribution < 1.29 is 17.9 Å². The topological polar surface area (TPSA) is 84.5 Å². The van der Waals surface area contributed by atoms with Crippen molar-refractivity contribution in [3.63, 3.8) is 0 Å². The van der Waals surface area contributed by atoms with Crippen molar-refractivity contribution in [1.82, 2.24) is 10.6 Å². The molecule has 2 N–H and O–H groups in total. The van der Waals surface area contributed by atoms with Gasteiger partial charge in [0.25, 0.3) is 0 Å². The van der Waals surface area contributed by atoms with Crippen LogP contribution in [0.15, 0.2) is 0 Å². The average Bonchev–Trinajstić information content (AvgIpc) is 2.25. The predicted octanol–water partition coefficient (Wildman–Crippen LogP) is -0.306. The number of hydrogen-bond donors (Lipinski definition) is 2. The highest BCUT2D eigenvalue weighted by atomic mass is 32.2. The molecule has 1 saturated heterocycles. The van der Waals surface area contributed by atoms with Gasteiger partial charge in [0.1, 0.15) is 0 Å². The van der Waals surface area contributed by atoms with Gasteiger partial charge >= 0.3 is 0 Å². The van der Waals surface area contributed by atoms with E-state index in [9.17, 15) is 13.2 Å². The van der Waals surface area contributed by atoms with Gasteiger partial charge in [-0.3, -0.25) is 4.79 Å². The summed E-state index contributed by atoms with van der Waals surface area (Å²) < 4.78 is 28.4. The summed E-state index contributed by atoms with van der Waals surface area (Å²) >= 11 is 0. The Morgan fingerprint density at radius 1 is 1.47 bits per heavy atom. The summed E-state index contributed by atoms with van der Waals surface area (Å²) in [6, 6.07) is -0.283. The van der Waals surface area contributed by atoms with E-state index in [2.05, 4.69) is 10.6 Å². The Kier molecular flexibility index (Phi) is 5.76. The van der Waals surface area contributed by atoms with E-state index in [1.807, 2.05) is 20.8 Å². The molecule has 1 unspecified atom stereocenters. The highest BCUT2D eigenvalue weighted by Gasteiger charge is 2.26. The second-order valence-electron chi connectivity index (χ2n) is 5.44. The number of amides is 1. The SMILES string of the molecule is CCOC(C)(C)CNC(=O)CC1CS(=O)(=O)CCN1. The zero-order chi connectivity index (χ0) is 14.5. The fourth-order valence-corrected chi connectivity index (χ4v) is 3.49. The first kappa shape index (κ1) is 16.4. The maximum Gasteiger partial charge on any atom is 0.221 e. The van der Waals surface area contributed by atoms with Crippen molar-refractivity contribution >= 4 is 15.7 Å². The molecule has 0 radical (unpaired) electrons. The van der Waals surface area contributed by atoms with Crippen molar-refractivity contribution in [2.45, 2.75) is 38.8 Å². The van der Waals surface area contributed by atoms with Gasteiger partial charge in [0.2, 0.25) is 5.91 Å². The first-order valence-corrected chi connectivity index (χ1v) is 8.41. The van der Waals surface area contributed by atoms with Crippen molar-refractivity contribution in [2.75, 3.05) is 31.2 Å². The number of ether oxygens (including phenoxy) is 1. The van der Waals surface area contributed by atoms with E-state index < -0.39 is 15.4 Å². The number of hydrogen-bond acceptors (Lipinski definition) is 5. The maximum atomic E-state index is 11.8. The summed E-state index contributed by atoms with van der Waals surface area (Å²) in [6.45, 7) is 7.13. The molecule has 0 saturated carbocycles. The minimum absolute atomic E-state index is 0.0370. The van der Waals surface area contributed by atoms with Crippen molar-refractivity contribution in [1.29, 1.82) is 0 Å². The minimum Gasteiger partial charge on any atom is -0.374 e. The molecule has 0 bridgehead atoms. The summed E-state index contributed by atoms with van der Waals surface area (Å²) in [6.07, 6.45) is 0.182. The molecule has 7 heteroatoms. The number of carbonyl (C=O) groups is 1. The monoisotopic (exact) mass is 292 g/mol. The molecule has 1 atom stereocenters. The van der Waals surface area contributed by atoms with Gasteiger partial charge in [-0.05, 0) is 20.8 Å². The van der Waals surface area contributed by atoms with Gasteiger partial charge in [-0.25, -0.2) is 8.42 Å². The molecule has 1 fully saturated rings. The minimum atomic E-state index is -3.00. The number of rotatable bonds is 6. The molecule has 1 rings (SSSR count). The Bertz CT molecular complexity index is 406. The Hall–Kier alpha value is -0.660. The van der Waals surface area contributed by atoms with E-state index in [1.54, 1.807) is 0 Å². The molecule has 0 aromatic rings. The quantitative estimate of drug-likeness (QED) is 0.702. The van der Waals surface area contributed by atoms with Crippen LogP contribution < -0.4 is 10.6 Å². The Morgan fingerprint density at radius 2 is 2.16 bits per heavy atom. The second kappa shape index (κ2) is 6.67. The van der Waals surface area contributed by atoms with Gasteiger partial charge in [-0.2, -0.15) is 0 Å². The molecule has 1 heterocycles. The molecule has 19 heavy (non-hydrogen) atoms. The molecule has 0 aromatic heterocycles. The third-order valence-electron chi connectivity index (χ3n) is 2.98. The highest BCUT2D eigenvalue weighted by molar-refractivity contribution is 7.91. The van der Waals surface area contributed by atoms with Crippen LogP contribution in [-0.2, 0) is 19.4 Å².